The fraction of sp³-hybridized carbons (Fsp3) is 0. The van der Waals surface area contributed by atoms with Gasteiger partial charge in [-0.25, -0.2) is 0 Å². The number of fused-ring (bicyclic) bond motifs is 8. The lowest BCUT2D eigenvalue weighted by Gasteiger charge is -2.12. The molecule has 3 aromatic heterocycles. The van der Waals surface area contributed by atoms with Crippen LogP contribution in [0.15, 0.2) is 150 Å². The molecule has 9 rings (SSSR count). The Morgan fingerprint density at radius 1 is 0.415 bits per heavy atom. The smallest absolute Gasteiger partial charge is 0.161 e. The van der Waals surface area contributed by atoms with Gasteiger partial charge in [0, 0.05) is 38.5 Å². The molecule has 0 unspecified atom stereocenters. The number of rotatable bonds is 3. The van der Waals surface area contributed by atoms with Crippen LogP contribution in [0, 0.1) is 0 Å². The van der Waals surface area contributed by atoms with E-state index < -0.39 is 0 Å². The van der Waals surface area contributed by atoms with Crippen molar-refractivity contribution in [2.45, 2.75) is 0 Å². The minimum absolute atomic E-state index is 0.891. The lowest BCUT2D eigenvalue weighted by atomic mass is 10.0. The molecule has 9 aromatic rings. The van der Waals surface area contributed by atoms with Crippen LogP contribution in [-0.2, 0) is 0 Å². The predicted octanol–water partition coefficient (Wildman–Crippen LogP) is 10.3. The van der Waals surface area contributed by atoms with Crippen molar-refractivity contribution in [2.75, 3.05) is 0 Å². The molecule has 0 aliphatic heterocycles. The van der Waals surface area contributed by atoms with Crippen LogP contribution < -0.4 is 0 Å². The third kappa shape index (κ3) is 3.14. The summed E-state index contributed by atoms with van der Waals surface area (Å²) in [7, 11) is 0. The second kappa shape index (κ2) is 8.48. The highest BCUT2D eigenvalue weighted by Gasteiger charge is 2.21. The topological polar surface area (TPSA) is 23.0 Å². The van der Waals surface area contributed by atoms with Crippen molar-refractivity contribution < 1.29 is 4.42 Å². The molecule has 0 bridgehead atoms. The highest BCUT2D eigenvalue weighted by molar-refractivity contribution is 6.18. The monoisotopic (exact) mass is 524 g/mol. The Balaban J connectivity index is 1.35. The standard InChI is InChI=1S/C38H24N2O/c1-3-12-26(13-4-1)39-33-20-9-7-16-29(33)30-19-11-18-28(36(30)39)25-22-23-32-35(24-25)41-38-31-17-8-10-21-34(31)40(37(32)38)27-14-5-2-6-15-27/h1-24H. The number of nitrogens with zero attached hydrogens (tertiary/aromatic N) is 2. The summed E-state index contributed by atoms with van der Waals surface area (Å²) in [6.07, 6.45) is 0. The van der Waals surface area contributed by atoms with E-state index in [1.807, 2.05) is 0 Å². The van der Waals surface area contributed by atoms with Crippen molar-refractivity contribution in [3.05, 3.63) is 146 Å². The summed E-state index contributed by atoms with van der Waals surface area (Å²) < 4.78 is 11.4. The quantitative estimate of drug-likeness (QED) is 0.225. The lowest BCUT2D eigenvalue weighted by molar-refractivity contribution is 0.673. The number of benzene rings is 6. The molecule has 3 nitrogen and oxygen atoms in total. The van der Waals surface area contributed by atoms with Gasteiger partial charge in [-0.2, -0.15) is 0 Å². The van der Waals surface area contributed by atoms with Crippen molar-refractivity contribution in [3.8, 4) is 22.5 Å². The van der Waals surface area contributed by atoms with Gasteiger partial charge in [-0.3, -0.25) is 0 Å². The largest absolute Gasteiger partial charge is 0.454 e. The molecule has 6 aromatic carbocycles. The minimum Gasteiger partial charge on any atom is -0.454 e. The van der Waals surface area contributed by atoms with Gasteiger partial charge in [-0.05, 0) is 60.2 Å². The van der Waals surface area contributed by atoms with Crippen LogP contribution in [-0.4, -0.2) is 9.13 Å². The Morgan fingerprint density at radius 2 is 1.00 bits per heavy atom. The summed E-state index contributed by atoms with van der Waals surface area (Å²) in [6, 6.07) is 51.6. The molecule has 0 saturated heterocycles. The molecule has 0 radical (unpaired) electrons. The molecule has 0 fully saturated rings. The normalized spacial score (nSPS) is 11.9. The Kier molecular flexibility index (Phi) is 4.61. The molecule has 0 N–H and O–H groups in total. The molecule has 41 heavy (non-hydrogen) atoms. The first-order valence-corrected chi connectivity index (χ1v) is 14.0. The summed E-state index contributed by atoms with van der Waals surface area (Å²) in [6.45, 7) is 0. The molecule has 0 amide bonds. The molecule has 0 atom stereocenters. The maximum absolute atomic E-state index is 6.69. The van der Waals surface area contributed by atoms with E-state index in [0.29, 0.717) is 0 Å². The third-order valence-corrected chi connectivity index (χ3v) is 8.31. The van der Waals surface area contributed by atoms with E-state index in [4.69, 9.17) is 4.42 Å². The summed E-state index contributed by atoms with van der Waals surface area (Å²) in [5, 5.41) is 4.73. The van der Waals surface area contributed by atoms with Crippen LogP contribution in [0.4, 0.5) is 0 Å². The van der Waals surface area contributed by atoms with E-state index in [-0.39, 0.29) is 0 Å². The molecule has 192 valence electrons. The zero-order valence-corrected chi connectivity index (χ0v) is 22.2. The Bertz CT molecular complexity index is 2410. The zero-order valence-electron chi connectivity index (χ0n) is 22.2. The average molecular weight is 525 g/mol. The van der Waals surface area contributed by atoms with Crippen LogP contribution in [0.1, 0.15) is 0 Å². The summed E-state index contributed by atoms with van der Waals surface area (Å²) >= 11 is 0. The number of furan rings is 1. The fourth-order valence-electron chi connectivity index (χ4n) is 6.58. The maximum Gasteiger partial charge on any atom is 0.161 e. The molecular weight excluding hydrogens is 500 g/mol. The first kappa shape index (κ1) is 22.3. The summed E-state index contributed by atoms with van der Waals surface area (Å²) in [5.41, 5.74) is 11.1. The van der Waals surface area contributed by atoms with Crippen LogP contribution in [0.5, 0.6) is 0 Å². The number of aromatic nitrogens is 2. The van der Waals surface area contributed by atoms with Gasteiger partial charge in [-0.1, -0.05) is 91.0 Å². The van der Waals surface area contributed by atoms with E-state index >= 15 is 0 Å². The van der Waals surface area contributed by atoms with Gasteiger partial charge in [-0.15, -0.1) is 0 Å². The molecule has 3 heterocycles. The van der Waals surface area contributed by atoms with Gasteiger partial charge < -0.3 is 13.6 Å². The highest BCUT2D eigenvalue weighted by Crippen LogP contribution is 2.42. The van der Waals surface area contributed by atoms with Crippen molar-refractivity contribution in [1.82, 2.24) is 9.13 Å². The van der Waals surface area contributed by atoms with E-state index in [9.17, 15) is 0 Å². The van der Waals surface area contributed by atoms with E-state index in [1.54, 1.807) is 0 Å². The third-order valence-electron chi connectivity index (χ3n) is 8.31. The Labute approximate surface area is 236 Å². The first-order valence-electron chi connectivity index (χ1n) is 14.0. The number of hydrogen-bond acceptors (Lipinski definition) is 1. The van der Waals surface area contributed by atoms with Gasteiger partial charge in [0.2, 0.25) is 0 Å². The van der Waals surface area contributed by atoms with Crippen LogP contribution in [0.3, 0.4) is 0 Å². The number of para-hydroxylation sites is 5. The van der Waals surface area contributed by atoms with E-state index in [0.717, 1.165) is 49.9 Å². The van der Waals surface area contributed by atoms with Crippen LogP contribution in [0.25, 0.3) is 77.3 Å². The predicted molar refractivity (Wildman–Crippen MR) is 170 cm³/mol. The van der Waals surface area contributed by atoms with Gasteiger partial charge >= 0.3 is 0 Å². The molecule has 0 spiro atoms. The van der Waals surface area contributed by atoms with Crippen molar-refractivity contribution in [3.63, 3.8) is 0 Å². The van der Waals surface area contributed by atoms with Crippen molar-refractivity contribution >= 4 is 54.8 Å². The van der Waals surface area contributed by atoms with Gasteiger partial charge in [0.25, 0.3) is 0 Å². The number of hydrogen-bond donors (Lipinski definition) is 0. The van der Waals surface area contributed by atoms with Crippen LogP contribution in [0.2, 0.25) is 0 Å². The SMILES string of the molecule is c1ccc(-n2c3ccccc3c3cccc(-c4ccc5c(c4)oc4c6ccccc6n(-c6ccccc6)c54)c32)cc1. The summed E-state index contributed by atoms with van der Waals surface area (Å²) in [5.74, 6) is 0. The van der Waals surface area contributed by atoms with Gasteiger partial charge in [0.1, 0.15) is 11.1 Å². The lowest BCUT2D eigenvalue weighted by Crippen LogP contribution is -1.95. The fourth-order valence-corrected chi connectivity index (χ4v) is 6.58. The Morgan fingerprint density at radius 3 is 1.73 bits per heavy atom. The second-order valence-electron chi connectivity index (χ2n) is 10.6. The minimum atomic E-state index is 0.891. The van der Waals surface area contributed by atoms with E-state index in [1.165, 1.54) is 27.4 Å². The zero-order chi connectivity index (χ0) is 26.9. The molecule has 0 aliphatic carbocycles. The second-order valence-corrected chi connectivity index (χ2v) is 10.6. The van der Waals surface area contributed by atoms with Gasteiger partial charge in [0.05, 0.1) is 16.6 Å². The molecule has 3 heteroatoms. The molecule has 0 aliphatic rings. The van der Waals surface area contributed by atoms with Crippen molar-refractivity contribution in [1.29, 1.82) is 0 Å². The molecule has 0 saturated carbocycles. The maximum atomic E-state index is 6.69. The summed E-state index contributed by atoms with van der Waals surface area (Å²) in [4.78, 5) is 0. The highest BCUT2D eigenvalue weighted by atomic mass is 16.3. The first-order chi connectivity index (χ1) is 20.4. The average Bonchev–Trinajstić information content (AvgIpc) is 3.68. The molecular formula is C38H24N2O. The van der Waals surface area contributed by atoms with E-state index in [2.05, 4.69) is 155 Å². The van der Waals surface area contributed by atoms with Crippen LogP contribution >= 0.6 is 0 Å². The van der Waals surface area contributed by atoms with Crippen molar-refractivity contribution in [2.24, 2.45) is 0 Å². The van der Waals surface area contributed by atoms with Gasteiger partial charge in [0.15, 0.2) is 5.58 Å². The Hall–Kier alpha value is -5.54.